The fourth-order valence-corrected chi connectivity index (χ4v) is 4.18. The van der Waals surface area contributed by atoms with Gasteiger partial charge >= 0.3 is 0 Å². The predicted octanol–water partition coefficient (Wildman–Crippen LogP) is -0.477. The second-order valence-electron chi connectivity index (χ2n) is 7.62. The summed E-state index contributed by atoms with van der Waals surface area (Å²) in [6, 6.07) is 0.623. The lowest BCUT2D eigenvalue weighted by molar-refractivity contribution is -0.130. The molecule has 3 fully saturated rings. The van der Waals surface area contributed by atoms with Crippen LogP contribution in [0.3, 0.4) is 0 Å². The largest absolute Gasteiger partial charge is 0.379 e. The first kappa shape index (κ1) is 20.4. The van der Waals surface area contributed by atoms with Gasteiger partial charge in [0.1, 0.15) is 0 Å². The van der Waals surface area contributed by atoms with Crippen LogP contribution in [0.5, 0.6) is 0 Å². The van der Waals surface area contributed by atoms with Crippen LogP contribution in [0.1, 0.15) is 20.3 Å². The number of carbonyl (C=O) groups excluding carboxylic acids is 1. The highest BCUT2D eigenvalue weighted by molar-refractivity contribution is 5.80. The van der Waals surface area contributed by atoms with E-state index in [9.17, 15) is 4.79 Å². The van der Waals surface area contributed by atoms with E-state index >= 15 is 0 Å². The molecule has 0 bridgehead atoms. The standard InChI is InChI=1S/C19H36N6O2/c1-3-20-19(21-5-7-22-8-10-23(11-9-22)17(2)26)25-6-4-18(16-25)24-12-14-27-15-13-24/h18H,3-16H2,1-2H3,(H,20,21). The second kappa shape index (κ2) is 10.2. The summed E-state index contributed by atoms with van der Waals surface area (Å²) in [6.45, 7) is 16.0. The van der Waals surface area contributed by atoms with Crippen LogP contribution >= 0.6 is 0 Å². The van der Waals surface area contributed by atoms with Crippen molar-refractivity contribution in [3.63, 3.8) is 0 Å². The Morgan fingerprint density at radius 1 is 1.07 bits per heavy atom. The van der Waals surface area contributed by atoms with E-state index in [-0.39, 0.29) is 5.91 Å². The van der Waals surface area contributed by atoms with Crippen LogP contribution in [-0.4, -0.2) is 123 Å². The summed E-state index contributed by atoms with van der Waals surface area (Å²) in [6.07, 6.45) is 1.21. The summed E-state index contributed by atoms with van der Waals surface area (Å²) in [5, 5.41) is 3.47. The van der Waals surface area contributed by atoms with Gasteiger partial charge in [0.05, 0.1) is 19.8 Å². The van der Waals surface area contributed by atoms with Gasteiger partial charge in [-0.1, -0.05) is 0 Å². The number of rotatable bonds is 5. The number of amides is 1. The van der Waals surface area contributed by atoms with Crippen molar-refractivity contribution >= 4 is 11.9 Å². The lowest BCUT2D eigenvalue weighted by Gasteiger charge is -2.34. The zero-order valence-electron chi connectivity index (χ0n) is 17.0. The van der Waals surface area contributed by atoms with Crippen LogP contribution in [0.15, 0.2) is 4.99 Å². The Hall–Kier alpha value is -1.38. The van der Waals surface area contributed by atoms with E-state index < -0.39 is 0 Å². The Morgan fingerprint density at radius 2 is 1.81 bits per heavy atom. The maximum atomic E-state index is 11.4. The molecule has 0 radical (unpaired) electrons. The van der Waals surface area contributed by atoms with Crippen LogP contribution in [0.4, 0.5) is 0 Å². The number of hydrogen-bond donors (Lipinski definition) is 1. The average molecular weight is 381 g/mol. The van der Waals surface area contributed by atoms with Crippen molar-refractivity contribution in [1.82, 2.24) is 24.9 Å². The van der Waals surface area contributed by atoms with Gasteiger partial charge in [0.15, 0.2) is 5.96 Å². The van der Waals surface area contributed by atoms with Crippen LogP contribution in [0.2, 0.25) is 0 Å². The summed E-state index contributed by atoms with van der Waals surface area (Å²) in [5.74, 6) is 1.24. The Kier molecular flexibility index (Phi) is 7.72. The van der Waals surface area contributed by atoms with Crippen molar-refractivity contribution in [2.45, 2.75) is 26.3 Å². The number of aliphatic imine (C=N–C) groups is 1. The van der Waals surface area contributed by atoms with Crippen molar-refractivity contribution in [3.05, 3.63) is 0 Å². The molecule has 3 aliphatic heterocycles. The van der Waals surface area contributed by atoms with Gasteiger partial charge in [-0.05, 0) is 13.3 Å². The first-order valence-electron chi connectivity index (χ1n) is 10.5. The molecule has 8 nitrogen and oxygen atoms in total. The van der Waals surface area contributed by atoms with Crippen LogP contribution in [0, 0.1) is 0 Å². The fraction of sp³-hybridized carbons (Fsp3) is 0.895. The van der Waals surface area contributed by atoms with Crippen molar-refractivity contribution in [2.24, 2.45) is 4.99 Å². The lowest BCUT2D eigenvalue weighted by atomic mass is 10.2. The molecule has 0 aliphatic carbocycles. The van der Waals surface area contributed by atoms with Gasteiger partial charge in [0.2, 0.25) is 5.91 Å². The van der Waals surface area contributed by atoms with Crippen LogP contribution in [0.25, 0.3) is 0 Å². The van der Waals surface area contributed by atoms with Crippen LogP contribution < -0.4 is 5.32 Å². The van der Waals surface area contributed by atoms with Gasteiger partial charge in [0.25, 0.3) is 0 Å². The van der Waals surface area contributed by atoms with E-state index in [2.05, 4.69) is 26.9 Å². The molecule has 0 aromatic heterocycles. The summed E-state index contributed by atoms with van der Waals surface area (Å²) in [7, 11) is 0. The maximum absolute atomic E-state index is 11.4. The van der Waals surface area contributed by atoms with E-state index in [4.69, 9.17) is 9.73 Å². The Labute approximate surface area is 163 Å². The first-order valence-corrected chi connectivity index (χ1v) is 10.5. The van der Waals surface area contributed by atoms with E-state index in [0.29, 0.717) is 6.04 Å². The number of carbonyl (C=O) groups is 1. The number of piperazine rings is 1. The predicted molar refractivity (Wildman–Crippen MR) is 107 cm³/mol. The number of hydrogen-bond acceptors (Lipinski definition) is 5. The minimum atomic E-state index is 0.186. The molecule has 154 valence electrons. The number of nitrogens with one attached hydrogen (secondary N) is 1. The quantitative estimate of drug-likeness (QED) is 0.514. The number of morpholine rings is 1. The number of ether oxygens (including phenoxy) is 1. The summed E-state index contributed by atoms with van der Waals surface area (Å²) >= 11 is 0. The fourth-order valence-electron chi connectivity index (χ4n) is 4.18. The molecule has 0 aromatic carbocycles. The molecule has 1 N–H and O–H groups in total. The molecule has 0 aromatic rings. The monoisotopic (exact) mass is 380 g/mol. The normalized spacial score (nSPS) is 25.9. The highest BCUT2D eigenvalue weighted by atomic mass is 16.5. The molecule has 1 atom stereocenters. The van der Waals surface area contributed by atoms with Crippen molar-refractivity contribution in [3.8, 4) is 0 Å². The third-order valence-corrected chi connectivity index (χ3v) is 5.86. The minimum absolute atomic E-state index is 0.186. The first-order chi connectivity index (χ1) is 13.2. The second-order valence-corrected chi connectivity index (χ2v) is 7.62. The molecule has 3 aliphatic rings. The molecule has 3 heterocycles. The molecule has 8 heteroatoms. The smallest absolute Gasteiger partial charge is 0.219 e. The van der Waals surface area contributed by atoms with Crippen molar-refractivity contribution in [2.75, 3.05) is 85.2 Å². The average Bonchev–Trinajstić information content (AvgIpc) is 3.18. The van der Waals surface area contributed by atoms with Gasteiger partial charge in [-0.25, -0.2) is 0 Å². The highest BCUT2D eigenvalue weighted by Crippen LogP contribution is 2.17. The highest BCUT2D eigenvalue weighted by Gasteiger charge is 2.30. The SMILES string of the molecule is CCNC(=NCCN1CCN(C(C)=O)CC1)N1CCC(N2CCOCC2)C1. The van der Waals surface area contributed by atoms with Gasteiger partial charge in [-0.3, -0.25) is 19.6 Å². The van der Waals surface area contributed by atoms with Gasteiger partial charge in [-0.15, -0.1) is 0 Å². The molecule has 1 amide bonds. The lowest BCUT2D eigenvalue weighted by Crippen LogP contribution is -2.49. The van der Waals surface area contributed by atoms with E-state index in [0.717, 1.165) is 91.2 Å². The molecule has 1 unspecified atom stereocenters. The summed E-state index contributed by atoms with van der Waals surface area (Å²) in [4.78, 5) is 25.6. The third kappa shape index (κ3) is 5.80. The Balaban J connectivity index is 1.45. The molecule has 0 spiro atoms. The van der Waals surface area contributed by atoms with E-state index in [1.165, 1.54) is 6.42 Å². The van der Waals surface area contributed by atoms with Gasteiger partial charge in [0, 0.05) is 78.4 Å². The van der Waals surface area contributed by atoms with E-state index in [1.54, 1.807) is 6.92 Å². The summed E-state index contributed by atoms with van der Waals surface area (Å²) < 4.78 is 5.48. The zero-order valence-corrected chi connectivity index (χ0v) is 17.0. The van der Waals surface area contributed by atoms with Crippen LogP contribution in [-0.2, 0) is 9.53 Å². The number of guanidine groups is 1. The Morgan fingerprint density at radius 3 is 2.48 bits per heavy atom. The molecule has 3 rings (SSSR count). The molecular formula is C19H36N6O2. The van der Waals surface area contributed by atoms with Crippen molar-refractivity contribution in [1.29, 1.82) is 0 Å². The molecular weight excluding hydrogens is 344 g/mol. The number of likely N-dealkylation sites (tertiary alicyclic amines) is 1. The number of nitrogens with zero attached hydrogens (tertiary/aromatic N) is 5. The van der Waals surface area contributed by atoms with Crippen molar-refractivity contribution < 1.29 is 9.53 Å². The van der Waals surface area contributed by atoms with Gasteiger partial charge < -0.3 is 19.9 Å². The topological polar surface area (TPSA) is 63.7 Å². The van der Waals surface area contributed by atoms with E-state index in [1.807, 2.05) is 4.90 Å². The summed E-state index contributed by atoms with van der Waals surface area (Å²) in [5.41, 5.74) is 0. The molecule has 0 saturated carbocycles. The third-order valence-electron chi connectivity index (χ3n) is 5.86. The maximum Gasteiger partial charge on any atom is 0.219 e. The zero-order chi connectivity index (χ0) is 19.1. The Bertz CT molecular complexity index is 500. The minimum Gasteiger partial charge on any atom is -0.379 e. The van der Waals surface area contributed by atoms with Gasteiger partial charge in [-0.2, -0.15) is 0 Å². The molecule has 27 heavy (non-hydrogen) atoms. The molecule has 3 saturated heterocycles.